The number of hydrogen-bond donors (Lipinski definition) is 1. The average Bonchev–Trinajstić information content (AvgIpc) is 3.54. The van der Waals surface area contributed by atoms with Gasteiger partial charge >= 0.3 is 5.97 Å². The molecule has 0 amide bonds. The van der Waals surface area contributed by atoms with Gasteiger partial charge in [0.2, 0.25) is 0 Å². The first-order valence-electron chi connectivity index (χ1n) is 12.3. The Balaban J connectivity index is 1.46. The van der Waals surface area contributed by atoms with E-state index in [1.165, 1.54) is 7.11 Å². The van der Waals surface area contributed by atoms with Crippen molar-refractivity contribution in [3.63, 3.8) is 0 Å². The molecule has 2 saturated heterocycles. The molecule has 0 spiro atoms. The number of ether oxygens (including phenoxy) is 2. The van der Waals surface area contributed by atoms with E-state index < -0.39 is 0 Å². The third-order valence-corrected chi connectivity index (χ3v) is 7.16. The lowest BCUT2D eigenvalue weighted by molar-refractivity contribution is 0.0365. The Morgan fingerprint density at radius 3 is 2.78 bits per heavy atom. The van der Waals surface area contributed by atoms with Crippen LogP contribution in [0.25, 0.3) is 5.69 Å². The molecule has 8 nitrogen and oxygen atoms in total. The first-order chi connectivity index (χ1) is 17.7. The average molecular weight is 506 g/mol. The number of hydrogen-bond acceptors (Lipinski definition) is 6. The molecule has 0 radical (unpaired) electrons. The zero-order valence-corrected chi connectivity index (χ0v) is 21.2. The number of pyridine rings is 1. The highest BCUT2D eigenvalue weighted by Gasteiger charge is 2.41. The maximum absolute atomic E-state index is 12.2. The largest absolute Gasteiger partial charge is 0.465 e. The standard InChI is InChI=1S/C27H31N5O3S/c1-34-26(33)20-7-4-8-21(19-20)31-13-5-10-23(31)25-24(22-9-2-3-11-28-22)29-27(36)32(25)14-6-12-30-15-17-35-18-16-30/h2-5,7-11,13,19,24-25H,6,12,14-18H2,1H3,(H,29,36)/t24-,25+/m1/s1. The molecule has 1 N–H and O–H groups in total. The number of esters is 1. The number of morpholine rings is 1. The van der Waals surface area contributed by atoms with Crippen LogP contribution in [0.5, 0.6) is 0 Å². The van der Waals surface area contributed by atoms with Crippen LogP contribution in [-0.4, -0.2) is 76.9 Å². The quantitative estimate of drug-likeness (QED) is 0.369. The molecular weight excluding hydrogens is 474 g/mol. The van der Waals surface area contributed by atoms with Gasteiger partial charge in [-0.3, -0.25) is 9.88 Å². The fraction of sp³-hybridized carbons (Fsp3) is 0.370. The molecule has 0 unspecified atom stereocenters. The van der Waals surface area contributed by atoms with E-state index in [-0.39, 0.29) is 18.1 Å². The van der Waals surface area contributed by atoms with E-state index in [1.54, 1.807) is 6.07 Å². The summed E-state index contributed by atoms with van der Waals surface area (Å²) in [6.45, 7) is 5.37. The van der Waals surface area contributed by atoms with Gasteiger partial charge in [0.1, 0.15) is 0 Å². The van der Waals surface area contributed by atoms with Crippen LogP contribution in [0.15, 0.2) is 67.0 Å². The minimum Gasteiger partial charge on any atom is -0.465 e. The molecule has 188 valence electrons. The van der Waals surface area contributed by atoms with Gasteiger partial charge in [0.25, 0.3) is 0 Å². The van der Waals surface area contributed by atoms with Gasteiger partial charge in [-0.15, -0.1) is 0 Å². The van der Waals surface area contributed by atoms with Crippen LogP contribution in [0.1, 0.15) is 40.3 Å². The molecule has 36 heavy (non-hydrogen) atoms. The van der Waals surface area contributed by atoms with Crippen LogP contribution in [0, 0.1) is 0 Å². The van der Waals surface area contributed by atoms with Gasteiger partial charge in [-0.1, -0.05) is 12.1 Å². The minimum absolute atomic E-state index is 0.0612. The van der Waals surface area contributed by atoms with Crippen LogP contribution < -0.4 is 5.32 Å². The lowest BCUT2D eigenvalue weighted by atomic mass is 10.0. The van der Waals surface area contributed by atoms with Crippen LogP contribution >= 0.6 is 12.2 Å². The van der Waals surface area contributed by atoms with Crippen molar-refractivity contribution in [1.29, 1.82) is 0 Å². The van der Waals surface area contributed by atoms with Crippen molar-refractivity contribution in [2.24, 2.45) is 0 Å². The molecule has 2 fully saturated rings. The highest BCUT2D eigenvalue weighted by atomic mass is 32.1. The molecular formula is C27H31N5O3S. The van der Waals surface area contributed by atoms with Crippen molar-refractivity contribution in [3.8, 4) is 5.69 Å². The highest BCUT2D eigenvalue weighted by molar-refractivity contribution is 7.80. The maximum atomic E-state index is 12.2. The van der Waals surface area contributed by atoms with Crippen molar-refractivity contribution in [1.82, 2.24) is 24.7 Å². The van der Waals surface area contributed by atoms with Crippen molar-refractivity contribution < 1.29 is 14.3 Å². The minimum atomic E-state index is -0.356. The Morgan fingerprint density at radius 1 is 1.14 bits per heavy atom. The third kappa shape index (κ3) is 5.13. The number of carbonyl (C=O) groups is 1. The number of carbonyl (C=O) groups excluding carboxylic acids is 1. The monoisotopic (exact) mass is 505 g/mol. The first-order valence-corrected chi connectivity index (χ1v) is 12.7. The van der Waals surface area contributed by atoms with Gasteiger partial charge in [-0.2, -0.15) is 0 Å². The summed E-state index contributed by atoms with van der Waals surface area (Å²) in [7, 11) is 1.40. The molecule has 0 saturated carbocycles. The number of rotatable bonds is 8. The van der Waals surface area contributed by atoms with Gasteiger partial charge in [-0.25, -0.2) is 4.79 Å². The lowest BCUT2D eigenvalue weighted by Crippen LogP contribution is -2.39. The lowest BCUT2D eigenvalue weighted by Gasteiger charge is -2.31. The van der Waals surface area contributed by atoms with Gasteiger partial charge in [0.05, 0.1) is 43.7 Å². The number of aromatic nitrogens is 2. The number of benzene rings is 1. The zero-order chi connectivity index (χ0) is 24.9. The Kier molecular flexibility index (Phi) is 7.60. The van der Waals surface area contributed by atoms with Crippen LogP contribution in [0.4, 0.5) is 0 Å². The molecule has 0 aliphatic carbocycles. The van der Waals surface area contributed by atoms with E-state index in [1.807, 2.05) is 54.9 Å². The van der Waals surface area contributed by atoms with Crippen LogP contribution in [0.3, 0.4) is 0 Å². The van der Waals surface area contributed by atoms with Crippen molar-refractivity contribution in [2.75, 3.05) is 46.5 Å². The third-order valence-electron chi connectivity index (χ3n) is 6.80. The molecule has 2 aromatic heterocycles. The zero-order valence-electron chi connectivity index (χ0n) is 20.4. The van der Waals surface area contributed by atoms with Crippen molar-refractivity contribution >= 4 is 23.3 Å². The number of methoxy groups -OCH3 is 1. The molecule has 9 heteroatoms. The molecule has 5 rings (SSSR count). The number of nitrogens with zero attached hydrogens (tertiary/aromatic N) is 4. The summed E-state index contributed by atoms with van der Waals surface area (Å²) in [6.07, 6.45) is 4.83. The van der Waals surface area contributed by atoms with Gasteiger partial charge in [-0.05, 0) is 61.1 Å². The predicted molar refractivity (Wildman–Crippen MR) is 141 cm³/mol. The molecule has 0 bridgehead atoms. The summed E-state index contributed by atoms with van der Waals surface area (Å²) < 4.78 is 12.5. The number of nitrogens with one attached hydrogen (secondary N) is 1. The van der Waals surface area contributed by atoms with Crippen LogP contribution in [0.2, 0.25) is 0 Å². The fourth-order valence-electron chi connectivity index (χ4n) is 5.03. The fourth-order valence-corrected chi connectivity index (χ4v) is 5.36. The highest BCUT2D eigenvalue weighted by Crippen LogP contribution is 2.39. The predicted octanol–water partition coefficient (Wildman–Crippen LogP) is 3.35. The van der Waals surface area contributed by atoms with E-state index in [2.05, 4.69) is 30.7 Å². The van der Waals surface area contributed by atoms with E-state index in [0.29, 0.717) is 5.56 Å². The van der Waals surface area contributed by atoms with E-state index in [4.69, 9.17) is 21.7 Å². The Labute approximate surface area is 216 Å². The van der Waals surface area contributed by atoms with E-state index in [9.17, 15) is 4.79 Å². The second kappa shape index (κ2) is 11.2. The smallest absolute Gasteiger partial charge is 0.337 e. The Bertz CT molecular complexity index is 1190. The summed E-state index contributed by atoms with van der Waals surface area (Å²) in [5, 5.41) is 4.27. The van der Waals surface area contributed by atoms with Gasteiger partial charge < -0.3 is 24.3 Å². The Morgan fingerprint density at radius 2 is 2.00 bits per heavy atom. The summed E-state index contributed by atoms with van der Waals surface area (Å²) in [4.78, 5) is 21.6. The molecule has 4 heterocycles. The van der Waals surface area contributed by atoms with Crippen molar-refractivity contribution in [2.45, 2.75) is 18.5 Å². The molecule has 3 aromatic rings. The Hall–Kier alpha value is -3.27. The normalized spacial score (nSPS) is 20.4. The number of thiocarbonyl (C=S) groups is 1. The van der Waals surface area contributed by atoms with Crippen LogP contribution in [-0.2, 0) is 9.47 Å². The first kappa shape index (κ1) is 24.4. The second-order valence-corrected chi connectivity index (χ2v) is 9.36. The maximum Gasteiger partial charge on any atom is 0.337 e. The summed E-state index contributed by atoms with van der Waals surface area (Å²) >= 11 is 5.85. The molecule has 1 aromatic carbocycles. The summed E-state index contributed by atoms with van der Waals surface area (Å²) in [5.41, 5.74) is 3.42. The van der Waals surface area contributed by atoms with Crippen molar-refractivity contribution in [3.05, 3.63) is 83.9 Å². The molecule has 2 atom stereocenters. The van der Waals surface area contributed by atoms with E-state index >= 15 is 0 Å². The molecule has 2 aliphatic rings. The topological polar surface area (TPSA) is 71.9 Å². The van der Waals surface area contributed by atoms with Gasteiger partial charge in [0.15, 0.2) is 5.11 Å². The summed E-state index contributed by atoms with van der Waals surface area (Å²) in [6, 6.07) is 17.4. The van der Waals surface area contributed by atoms with Gasteiger partial charge in [0, 0.05) is 50.0 Å². The van der Waals surface area contributed by atoms with E-state index in [0.717, 1.165) is 68.0 Å². The second-order valence-electron chi connectivity index (χ2n) is 8.97. The molecule has 2 aliphatic heterocycles. The SMILES string of the molecule is COC(=O)c1cccc(-n2cccc2[C@H]2[C@@H](c3ccccn3)NC(=S)N2CCCN2CCOCC2)c1. The summed E-state index contributed by atoms with van der Waals surface area (Å²) in [5.74, 6) is -0.356.